The maximum atomic E-state index is 4.65. The Morgan fingerprint density at radius 1 is 1.44 bits per heavy atom. The van der Waals surface area contributed by atoms with Gasteiger partial charge >= 0.3 is 0 Å². The minimum Gasteiger partial charge on any atom is -0.316 e. The molecule has 2 aromatic heterocycles. The van der Waals surface area contributed by atoms with Crippen LogP contribution in [0.2, 0.25) is 0 Å². The summed E-state index contributed by atoms with van der Waals surface area (Å²) in [5.41, 5.74) is 0. The Hall–Kier alpha value is -1.01. The first-order valence-electron chi connectivity index (χ1n) is 5.71. The second kappa shape index (κ2) is 3.78. The van der Waals surface area contributed by atoms with Gasteiger partial charge in [0.25, 0.3) is 0 Å². The second-order valence-corrected chi connectivity index (χ2v) is 5.33. The van der Waals surface area contributed by atoms with E-state index in [1.807, 2.05) is 4.52 Å². The molecule has 1 aliphatic rings. The van der Waals surface area contributed by atoms with Crippen LogP contribution in [0.15, 0.2) is 0 Å². The van der Waals surface area contributed by atoms with Crippen molar-refractivity contribution in [2.75, 3.05) is 13.1 Å². The van der Waals surface area contributed by atoms with E-state index in [-0.39, 0.29) is 0 Å². The van der Waals surface area contributed by atoms with Gasteiger partial charge in [0.15, 0.2) is 5.82 Å². The number of hydrogen-bond donors (Lipinski definition) is 1. The van der Waals surface area contributed by atoms with Crippen LogP contribution in [-0.4, -0.2) is 32.9 Å². The van der Waals surface area contributed by atoms with Gasteiger partial charge in [0.05, 0.1) is 0 Å². The minimum atomic E-state index is 0.538. The van der Waals surface area contributed by atoms with Crippen LogP contribution in [0.1, 0.15) is 30.6 Å². The van der Waals surface area contributed by atoms with Crippen LogP contribution >= 0.6 is 11.3 Å². The fourth-order valence-corrected chi connectivity index (χ4v) is 3.27. The Labute approximate surface area is 97.9 Å². The highest BCUT2D eigenvalue weighted by atomic mass is 32.1. The normalized spacial score (nSPS) is 25.6. The van der Waals surface area contributed by atoms with Crippen molar-refractivity contribution in [2.45, 2.75) is 26.2 Å². The molecule has 1 fully saturated rings. The van der Waals surface area contributed by atoms with Crippen LogP contribution in [-0.2, 0) is 6.42 Å². The molecule has 1 N–H and O–H groups in total. The molecule has 0 radical (unpaired) electrons. The maximum Gasteiger partial charge on any atom is 0.234 e. The summed E-state index contributed by atoms with van der Waals surface area (Å²) in [4.78, 5) is 0.922. The van der Waals surface area contributed by atoms with E-state index < -0.39 is 0 Å². The van der Waals surface area contributed by atoms with Crippen molar-refractivity contribution in [3.8, 4) is 0 Å². The zero-order valence-electron chi connectivity index (χ0n) is 9.47. The van der Waals surface area contributed by atoms with Crippen LogP contribution in [0.5, 0.6) is 0 Å². The smallest absolute Gasteiger partial charge is 0.234 e. The Kier molecular flexibility index (Phi) is 2.40. The molecular formula is C10H15N5S. The van der Waals surface area contributed by atoms with E-state index in [0.717, 1.165) is 30.3 Å². The molecule has 3 rings (SSSR count). The van der Waals surface area contributed by atoms with Crippen molar-refractivity contribution in [1.82, 2.24) is 25.1 Å². The van der Waals surface area contributed by atoms with Gasteiger partial charge in [-0.2, -0.15) is 9.61 Å². The van der Waals surface area contributed by atoms with Gasteiger partial charge in [-0.25, -0.2) is 0 Å². The van der Waals surface area contributed by atoms with Gasteiger partial charge < -0.3 is 5.32 Å². The van der Waals surface area contributed by atoms with Crippen LogP contribution in [0.3, 0.4) is 0 Å². The number of hydrogen-bond acceptors (Lipinski definition) is 5. The number of fused-ring (bicyclic) bond motifs is 1. The largest absolute Gasteiger partial charge is 0.316 e. The van der Waals surface area contributed by atoms with Crippen molar-refractivity contribution in [3.05, 3.63) is 10.8 Å². The van der Waals surface area contributed by atoms with E-state index in [9.17, 15) is 0 Å². The fourth-order valence-electron chi connectivity index (χ4n) is 2.18. The summed E-state index contributed by atoms with van der Waals surface area (Å²) < 4.78 is 1.89. The molecule has 0 bridgehead atoms. The number of nitrogens with zero attached hydrogens (tertiary/aromatic N) is 4. The summed E-state index contributed by atoms with van der Waals surface area (Å²) in [6, 6.07) is 0. The third kappa shape index (κ3) is 1.44. The molecule has 2 unspecified atom stereocenters. The van der Waals surface area contributed by atoms with Crippen LogP contribution in [0.4, 0.5) is 0 Å². The molecular weight excluding hydrogens is 222 g/mol. The first kappa shape index (κ1) is 10.2. The zero-order chi connectivity index (χ0) is 11.1. The van der Waals surface area contributed by atoms with E-state index in [1.165, 1.54) is 5.01 Å². The highest BCUT2D eigenvalue weighted by Gasteiger charge is 2.28. The predicted molar refractivity (Wildman–Crippen MR) is 62.8 cm³/mol. The Morgan fingerprint density at radius 2 is 2.31 bits per heavy atom. The first-order valence-corrected chi connectivity index (χ1v) is 6.53. The zero-order valence-corrected chi connectivity index (χ0v) is 10.3. The summed E-state index contributed by atoms with van der Waals surface area (Å²) in [7, 11) is 0. The molecule has 0 saturated carbocycles. The lowest BCUT2D eigenvalue weighted by Crippen LogP contribution is -2.08. The van der Waals surface area contributed by atoms with Gasteiger partial charge in [0.2, 0.25) is 4.96 Å². The summed E-state index contributed by atoms with van der Waals surface area (Å²) in [5, 5.41) is 17.5. The van der Waals surface area contributed by atoms with Crippen molar-refractivity contribution in [1.29, 1.82) is 0 Å². The third-order valence-electron chi connectivity index (χ3n) is 3.22. The second-order valence-electron chi connectivity index (χ2n) is 4.35. The summed E-state index contributed by atoms with van der Waals surface area (Å²) in [5.74, 6) is 2.15. The molecule has 6 heteroatoms. The number of rotatable bonds is 2. The summed E-state index contributed by atoms with van der Waals surface area (Å²) >= 11 is 1.67. The highest BCUT2D eigenvalue weighted by Crippen LogP contribution is 2.30. The minimum absolute atomic E-state index is 0.538. The lowest BCUT2D eigenvalue weighted by molar-refractivity contribution is 0.562. The summed E-state index contributed by atoms with van der Waals surface area (Å²) in [6.07, 6.45) is 0.878. The molecule has 1 aliphatic heterocycles. The van der Waals surface area contributed by atoms with E-state index >= 15 is 0 Å². The monoisotopic (exact) mass is 237 g/mol. The Balaban J connectivity index is 2.01. The average molecular weight is 237 g/mol. The molecule has 2 aromatic rings. The number of aromatic nitrogens is 4. The van der Waals surface area contributed by atoms with Gasteiger partial charge in [0.1, 0.15) is 5.01 Å². The lowest BCUT2D eigenvalue weighted by atomic mass is 9.99. The topological polar surface area (TPSA) is 55.1 Å². The van der Waals surface area contributed by atoms with Crippen molar-refractivity contribution in [2.24, 2.45) is 5.92 Å². The number of aryl methyl sites for hydroxylation is 1. The van der Waals surface area contributed by atoms with Crippen LogP contribution in [0.25, 0.3) is 4.96 Å². The molecule has 86 valence electrons. The highest BCUT2D eigenvalue weighted by molar-refractivity contribution is 7.16. The molecule has 16 heavy (non-hydrogen) atoms. The van der Waals surface area contributed by atoms with Gasteiger partial charge in [-0.05, 0) is 12.5 Å². The van der Waals surface area contributed by atoms with Gasteiger partial charge in [-0.15, -0.1) is 10.2 Å². The molecule has 0 aliphatic carbocycles. The van der Waals surface area contributed by atoms with Crippen molar-refractivity contribution in [3.63, 3.8) is 0 Å². The van der Waals surface area contributed by atoms with Crippen molar-refractivity contribution < 1.29 is 0 Å². The molecule has 3 heterocycles. The molecule has 0 aromatic carbocycles. The van der Waals surface area contributed by atoms with Gasteiger partial charge in [-0.3, -0.25) is 0 Å². The van der Waals surface area contributed by atoms with E-state index in [0.29, 0.717) is 11.8 Å². The SMILES string of the molecule is CCc1nnc2sc(C3CNCC3C)nn12. The average Bonchev–Trinajstić information content (AvgIpc) is 2.90. The predicted octanol–water partition coefficient (Wildman–Crippen LogP) is 1.07. The van der Waals surface area contributed by atoms with Crippen molar-refractivity contribution >= 4 is 16.3 Å². The molecule has 1 saturated heterocycles. The Bertz CT molecular complexity index is 502. The summed E-state index contributed by atoms with van der Waals surface area (Å²) in [6.45, 7) is 6.47. The first-order chi connectivity index (χ1) is 7.79. The van der Waals surface area contributed by atoms with Crippen LogP contribution in [0, 0.1) is 5.92 Å². The van der Waals surface area contributed by atoms with Gasteiger partial charge in [-0.1, -0.05) is 25.2 Å². The third-order valence-corrected chi connectivity index (χ3v) is 4.25. The standard InChI is InChI=1S/C10H15N5S/c1-3-8-12-13-10-15(8)14-9(16-10)7-5-11-4-6(7)2/h6-7,11H,3-5H2,1-2H3. The molecule has 5 nitrogen and oxygen atoms in total. The quantitative estimate of drug-likeness (QED) is 0.849. The Morgan fingerprint density at radius 3 is 3.00 bits per heavy atom. The molecule has 2 atom stereocenters. The lowest BCUT2D eigenvalue weighted by Gasteiger charge is -2.08. The fraction of sp³-hybridized carbons (Fsp3) is 0.700. The van der Waals surface area contributed by atoms with E-state index in [2.05, 4.69) is 34.5 Å². The van der Waals surface area contributed by atoms with Crippen LogP contribution < -0.4 is 5.32 Å². The molecule has 0 spiro atoms. The molecule has 0 amide bonds. The van der Waals surface area contributed by atoms with Gasteiger partial charge in [0, 0.05) is 18.9 Å². The number of nitrogens with one attached hydrogen (secondary N) is 1. The van der Waals surface area contributed by atoms with E-state index in [1.54, 1.807) is 11.3 Å². The van der Waals surface area contributed by atoms with E-state index in [4.69, 9.17) is 0 Å². The maximum absolute atomic E-state index is 4.65.